The molecule has 0 spiro atoms. The van der Waals surface area contributed by atoms with Gasteiger partial charge in [-0.15, -0.1) is 10.2 Å². The van der Waals surface area contributed by atoms with Crippen LogP contribution in [-0.2, 0) is 4.79 Å². The maximum absolute atomic E-state index is 12.4. The summed E-state index contributed by atoms with van der Waals surface area (Å²) in [7, 11) is 0. The predicted molar refractivity (Wildman–Crippen MR) is 100 cm³/mol. The lowest BCUT2D eigenvalue weighted by molar-refractivity contribution is -0.128. The number of hydrogen-bond acceptors (Lipinski definition) is 8. The molecule has 0 aliphatic carbocycles. The summed E-state index contributed by atoms with van der Waals surface area (Å²) < 4.78 is 0.838. The molecule has 0 radical (unpaired) electrons. The van der Waals surface area contributed by atoms with Crippen molar-refractivity contribution in [2.45, 2.75) is 31.0 Å². The molecule has 3 rings (SSSR count). The van der Waals surface area contributed by atoms with E-state index in [9.17, 15) is 4.79 Å². The molecule has 0 aromatic carbocycles. The standard InChI is InChI=1S/C16H22N6OS2/c1-11(2)15-18-12(3)8-13(19-15)21-4-6-22(7-5-21)14(23)9-24-16-20-17-10-25-16/h8,10-11H,4-7,9H2,1-3H3. The molecule has 134 valence electrons. The number of anilines is 1. The molecule has 3 heterocycles. The predicted octanol–water partition coefficient (Wildman–Crippen LogP) is 2.20. The molecular weight excluding hydrogens is 356 g/mol. The van der Waals surface area contributed by atoms with Crippen molar-refractivity contribution in [1.82, 2.24) is 25.1 Å². The van der Waals surface area contributed by atoms with Crippen LogP contribution in [0.25, 0.3) is 0 Å². The van der Waals surface area contributed by atoms with Crippen LogP contribution in [0.3, 0.4) is 0 Å². The number of carbonyl (C=O) groups is 1. The summed E-state index contributed by atoms with van der Waals surface area (Å²) in [5, 5.41) is 7.74. The van der Waals surface area contributed by atoms with Gasteiger partial charge in [0.2, 0.25) is 5.91 Å². The molecule has 0 bridgehead atoms. The van der Waals surface area contributed by atoms with E-state index in [4.69, 9.17) is 4.98 Å². The first-order valence-electron chi connectivity index (χ1n) is 8.30. The maximum atomic E-state index is 12.4. The second-order valence-corrected chi connectivity index (χ2v) is 8.30. The van der Waals surface area contributed by atoms with Crippen molar-refractivity contribution in [3.05, 3.63) is 23.1 Å². The fraction of sp³-hybridized carbons (Fsp3) is 0.562. The molecule has 25 heavy (non-hydrogen) atoms. The highest BCUT2D eigenvalue weighted by atomic mass is 32.2. The van der Waals surface area contributed by atoms with Crippen molar-refractivity contribution in [2.75, 3.05) is 36.8 Å². The van der Waals surface area contributed by atoms with Gasteiger partial charge in [-0.05, 0) is 6.92 Å². The molecule has 0 saturated carbocycles. The van der Waals surface area contributed by atoms with Crippen molar-refractivity contribution in [3.8, 4) is 0 Å². The number of hydrogen-bond donors (Lipinski definition) is 0. The van der Waals surface area contributed by atoms with Gasteiger partial charge >= 0.3 is 0 Å². The third-order valence-electron chi connectivity index (χ3n) is 3.99. The van der Waals surface area contributed by atoms with Gasteiger partial charge in [-0.25, -0.2) is 9.97 Å². The molecule has 1 amide bonds. The van der Waals surface area contributed by atoms with E-state index in [1.165, 1.54) is 23.1 Å². The molecule has 1 saturated heterocycles. The normalized spacial score (nSPS) is 15.0. The van der Waals surface area contributed by atoms with Crippen LogP contribution in [0.1, 0.15) is 31.3 Å². The Morgan fingerprint density at radius 3 is 2.68 bits per heavy atom. The van der Waals surface area contributed by atoms with E-state index in [2.05, 4.69) is 33.9 Å². The van der Waals surface area contributed by atoms with E-state index in [-0.39, 0.29) is 5.91 Å². The quantitative estimate of drug-likeness (QED) is 0.738. The Kier molecular flexibility index (Phi) is 5.85. The second-order valence-electron chi connectivity index (χ2n) is 6.24. The van der Waals surface area contributed by atoms with Crippen LogP contribution in [0, 0.1) is 6.92 Å². The van der Waals surface area contributed by atoms with Crippen molar-refractivity contribution >= 4 is 34.8 Å². The first kappa shape index (κ1) is 18.1. The Bertz CT molecular complexity index is 713. The largest absolute Gasteiger partial charge is 0.353 e. The van der Waals surface area contributed by atoms with E-state index in [1.54, 1.807) is 5.51 Å². The highest BCUT2D eigenvalue weighted by molar-refractivity contribution is 8.01. The Labute approximate surface area is 155 Å². The summed E-state index contributed by atoms with van der Waals surface area (Å²) in [5.74, 6) is 2.72. The van der Waals surface area contributed by atoms with E-state index in [0.717, 1.165) is 47.9 Å². The van der Waals surface area contributed by atoms with E-state index in [0.29, 0.717) is 11.7 Å². The number of nitrogens with zero attached hydrogens (tertiary/aromatic N) is 6. The summed E-state index contributed by atoms with van der Waals surface area (Å²) >= 11 is 2.91. The Balaban J connectivity index is 1.55. The molecule has 1 aliphatic heterocycles. The van der Waals surface area contributed by atoms with Gasteiger partial charge in [-0.1, -0.05) is 36.9 Å². The molecule has 2 aromatic heterocycles. The van der Waals surface area contributed by atoms with Crippen LogP contribution in [-0.4, -0.2) is 62.9 Å². The zero-order valence-corrected chi connectivity index (χ0v) is 16.3. The van der Waals surface area contributed by atoms with Gasteiger partial charge in [0.15, 0.2) is 4.34 Å². The van der Waals surface area contributed by atoms with Gasteiger partial charge in [0.05, 0.1) is 5.75 Å². The van der Waals surface area contributed by atoms with Crippen LogP contribution in [0.15, 0.2) is 15.9 Å². The average Bonchev–Trinajstić information content (AvgIpc) is 3.13. The Morgan fingerprint density at radius 2 is 2.04 bits per heavy atom. The molecule has 1 fully saturated rings. The molecule has 7 nitrogen and oxygen atoms in total. The number of thioether (sulfide) groups is 1. The second kappa shape index (κ2) is 8.09. The molecule has 0 unspecified atom stereocenters. The smallest absolute Gasteiger partial charge is 0.233 e. The highest BCUT2D eigenvalue weighted by Crippen LogP contribution is 2.21. The minimum atomic E-state index is 0.154. The Hall–Kier alpha value is -1.74. The number of aryl methyl sites for hydroxylation is 1. The van der Waals surface area contributed by atoms with Crippen LogP contribution in [0.2, 0.25) is 0 Å². The van der Waals surface area contributed by atoms with E-state index in [1.807, 2.05) is 17.9 Å². The van der Waals surface area contributed by atoms with Gasteiger partial charge in [-0.3, -0.25) is 4.79 Å². The van der Waals surface area contributed by atoms with Crippen LogP contribution in [0.4, 0.5) is 5.82 Å². The van der Waals surface area contributed by atoms with Gasteiger partial charge in [-0.2, -0.15) is 0 Å². The zero-order chi connectivity index (χ0) is 17.8. The Morgan fingerprint density at radius 1 is 1.28 bits per heavy atom. The lowest BCUT2D eigenvalue weighted by atomic mass is 10.2. The lowest BCUT2D eigenvalue weighted by Gasteiger charge is -2.35. The first-order chi connectivity index (χ1) is 12.0. The van der Waals surface area contributed by atoms with Crippen LogP contribution < -0.4 is 4.90 Å². The van der Waals surface area contributed by atoms with Crippen LogP contribution in [0.5, 0.6) is 0 Å². The van der Waals surface area contributed by atoms with Crippen molar-refractivity contribution in [1.29, 1.82) is 0 Å². The van der Waals surface area contributed by atoms with Crippen molar-refractivity contribution in [3.63, 3.8) is 0 Å². The van der Waals surface area contributed by atoms with Gasteiger partial charge in [0.25, 0.3) is 0 Å². The van der Waals surface area contributed by atoms with Gasteiger partial charge < -0.3 is 9.80 Å². The molecule has 0 atom stereocenters. The fourth-order valence-electron chi connectivity index (χ4n) is 2.62. The van der Waals surface area contributed by atoms with Crippen molar-refractivity contribution < 1.29 is 4.79 Å². The number of amides is 1. The highest BCUT2D eigenvalue weighted by Gasteiger charge is 2.23. The monoisotopic (exact) mass is 378 g/mol. The summed E-state index contributed by atoms with van der Waals surface area (Å²) in [6, 6.07) is 2.02. The van der Waals surface area contributed by atoms with Crippen LogP contribution >= 0.6 is 23.1 Å². The molecule has 0 N–H and O–H groups in total. The SMILES string of the molecule is Cc1cc(N2CCN(C(=O)CSc3nncs3)CC2)nc(C(C)C)n1. The van der Waals surface area contributed by atoms with Gasteiger partial charge in [0.1, 0.15) is 17.2 Å². The number of carbonyl (C=O) groups excluding carboxylic acids is 1. The van der Waals surface area contributed by atoms with Crippen molar-refractivity contribution in [2.24, 2.45) is 0 Å². The third kappa shape index (κ3) is 4.66. The summed E-state index contributed by atoms with van der Waals surface area (Å²) in [6.07, 6.45) is 0. The van der Waals surface area contributed by atoms with E-state index >= 15 is 0 Å². The molecule has 9 heteroatoms. The molecule has 2 aromatic rings. The topological polar surface area (TPSA) is 75.1 Å². The number of aromatic nitrogens is 4. The summed E-state index contributed by atoms with van der Waals surface area (Å²) in [6.45, 7) is 9.23. The fourth-order valence-corrected chi connectivity index (χ4v) is 4.01. The number of piperazine rings is 1. The maximum Gasteiger partial charge on any atom is 0.233 e. The minimum absolute atomic E-state index is 0.154. The minimum Gasteiger partial charge on any atom is -0.353 e. The lowest BCUT2D eigenvalue weighted by Crippen LogP contribution is -2.49. The summed E-state index contributed by atoms with van der Waals surface area (Å²) in [4.78, 5) is 25.7. The average molecular weight is 379 g/mol. The molecule has 1 aliphatic rings. The zero-order valence-electron chi connectivity index (χ0n) is 14.7. The first-order valence-corrected chi connectivity index (χ1v) is 10.2. The summed E-state index contributed by atoms with van der Waals surface area (Å²) in [5.41, 5.74) is 2.67. The number of rotatable bonds is 5. The van der Waals surface area contributed by atoms with Gasteiger partial charge in [0, 0.05) is 43.9 Å². The van der Waals surface area contributed by atoms with E-state index < -0.39 is 0 Å². The molecular formula is C16H22N6OS2. The third-order valence-corrected chi connectivity index (χ3v) is 5.84.